The fourth-order valence-corrected chi connectivity index (χ4v) is 3.29. The monoisotopic (exact) mass is 416 g/mol. The van der Waals surface area contributed by atoms with Gasteiger partial charge in [-0.05, 0) is 49.5 Å². The quantitative estimate of drug-likeness (QED) is 0.163. The normalized spacial score (nSPS) is 12.6. The maximum absolute atomic E-state index is 13.3. The molecule has 6 nitrogen and oxygen atoms in total. The topological polar surface area (TPSA) is 93.8 Å². The molecule has 0 amide bonds. The van der Waals surface area contributed by atoms with Gasteiger partial charge in [-0.15, -0.1) is 16.2 Å². The number of para-hydroxylation sites is 1. The van der Waals surface area contributed by atoms with Crippen molar-refractivity contribution in [2.45, 2.75) is 13.1 Å². The Morgan fingerprint density at radius 3 is 2.54 bits per heavy atom. The van der Waals surface area contributed by atoms with Crippen molar-refractivity contribution in [1.29, 1.82) is 5.41 Å². The van der Waals surface area contributed by atoms with E-state index in [-0.39, 0.29) is 11.7 Å². The lowest BCUT2D eigenvalue weighted by atomic mass is 10.1. The fraction of sp³-hybridized carbons (Fsp3) is 0.105. The minimum atomic E-state index is -2.51. The highest BCUT2D eigenvalue weighted by atomic mass is 35.6. The number of aromatic nitrogens is 1. The Kier molecular flexibility index (Phi) is 5.62. The van der Waals surface area contributed by atoms with Crippen LogP contribution in [0.1, 0.15) is 11.1 Å². The zero-order valence-electron chi connectivity index (χ0n) is 15.2. The summed E-state index contributed by atoms with van der Waals surface area (Å²) in [6.07, 6.45) is 1.61. The lowest BCUT2D eigenvalue weighted by Gasteiger charge is -2.13. The van der Waals surface area contributed by atoms with Gasteiger partial charge in [0.15, 0.2) is 5.88 Å². The molecule has 3 N–H and O–H groups in total. The summed E-state index contributed by atoms with van der Waals surface area (Å²) in [7, 11) is -2.51. The number of benzene rings is 2. The summed E-state index contributed by atoms with van der Waals surface area (Å²) in [5, 5.41) is 26.7. The van der Waals surface area contributed by atoms with Crippen molar-refractivity contribution < 1.29 is 13.9 Å². The summed E-state index contributed by atoms with van der Waals surface area (Å²) in [5.74, 6) is -0.419. The standard InChI is InChI=1S/C19H18ClFN4O2Si/c1-28(2,20)27-19(22)25-24-17(12-7-9-13(21)10-8-12)11-15-14-5-3-4-6-16(14)23-18(15)26/h3-11,22-23,26H,1-2H3/b17-11+,22-19?,25-24?. The molecule has 2 aromatic carbocycles. The smallest absolute Gasteiger partial charge is 0.345 e. The van der Waals surface area contributed by atoms with Crippen LogP contribution in [0.4, 0.5) is 4.39 Å². The molecule has 28 heavy (non-hydrogen) atoms. The van der Waals surface area contributed by atoms with Gasteiger partial charge in [0.1, 0.15) is 5.82 Å². The molecule has 0 aliphatic carbocycles. The van der Waals surface area contributed by atoms with E-state index in [4.69, 9.17) is 20.9 Å². The summed E-state index contributed by atoms with van der Waals surface area (Å²) < 4.78 is 18.6. The molecule has 1 heterocycles. The van der Waals surface area contributed by atoms with Crippen LogP contribution in [0.15, 0.2) is 58.8 Å². The number of H-pyrrole nitrogens is 1. The van der Waals surface area contributed by atoms with E-state index >= 15 is 0 Å². The van der Waals surface area contributed by atoms with Crippen molar-refractivity contribution in [2.75, 3.05) is 0 Å². The number of amidine groups is 1. The van der Waals surface area contributed by atoms with E-state index in [1.54, 1.807) is 19.2 Å². The van der Waals surface area contributed by atoms with Crippen LogP contribution in [0, 0.1) is 11.2 Å². The van der Waals surface area contributed by atoms with Crippen molar-refractivity contribution in [3.8, 4) is 5.88 Å². The van der Waals surface area contributed by atoms with Gasteiger partial charge >= 0.3 is 13.6 Å². The summed E-state index contributed by atoms with van der Waals surface area (Å²) >= 11 is 6.06. The van der Waals surface area contributed by atoms with Crippen LogP contribution >= 0.6 is 11.1 Å². The first-order valence-corrected chi connectivity index (χ1v) is 12.3. The number of aromatic hydroxyl groups is 1. The number of nitrogens with one attached hydrogen (secondary N) is 2. The minimum absolute atomic E-state index is 0.0309. The molecule has 144 valence electrons. The molecular weight excluding hydrogens is 399 g/mol. The molecule has 0 fully saturated rings. The van der Waals surface area contributed by atoms with E-state index < -0.39 is 13.6 Å². The van der Waals surface area contributed by atoms with Crippen molar-refractivity contribution in [3.63, 3.8) is 0 Å². The number of fused-ring (bicyclic) bond motifs is 1. The molecule has 0 atom stereocenters. The Morgan fingerprint density at radius 1 is 1.18 bits per heavy atom. The molecule has 0 aliphatic rings. The van der Waals surface area contributed by atoms with Crippen molar-refractivity contribution in [1.82, 2.24) is 4.98 Å². The number of rotatable bonds is 4. The molecule has 0 bridgehead atoms. The van der Waals surface area contributed by atoms with E-state index in [1.807, 2.05) is 24.3 Å². The molecule has 0 unspecified atom stereocenters. The number of hydrogen-bond acceptors (Lipinski definition) is 4. The van der Waals surface area contributed by atoms with Crippen molar-refractivity contribution >= 4 is 47.4 Å². The van der Waals surface area contributed by atoms with Gasteiger partial charge in [0, 0.05) is 22.0 Å². The van der Waals surface area contributed by atoms with Crippen LogP contribution in [0.3, 0.4) is 0 Å². The Morgan fingerprint density at radius 2 is 1.86 bits per heavy atom. The van der Waals surface area contributed by atoms with Crippen LogP contribution in [0.5, 0.6) is 5.88 Å². The van der Waals surface area contributed by atoms with Gasteiger partial charge in [-0.3, -0.25) is 0 Å². The molecular formula is C19H18ClFN4O2Si. The third-order valence-electron chi connectivity index (χ3n) is 3.73. The predicted octanol–water partition coefficient (Wildman–Crippen LogP) is 5.85. The third kappa shape index (κ3) is 4.84. The van der Waals surface area contributed by atoms with E-state index in [0.29, 0.717) is 16.8 Å². The van der Waals surface area contributed by atoms with E-state index in [2.05, 4.69) is 15.2 Å². The first-order chi connectivity index (χ1) is 13.2. The first-order valence-electron chi connectivity index (χ1n) is 8.38. The van der Waals surface area contributed by atoms with Crippen LogP contribution in [0.25, 0.3) is 22.7 Å². The molecule has 0 saturated heterocycles. The van der Waals surface area contributed by atoms with Crippen LogP contribution < -0.4 is 0 Å². The Labute approximate surface area is 166 Å². The molecule has 9 heteroatoms. The molecule has 3 aromatic rings. The number of hydrogen-bond donors (Lipinski definition) is 3. The lowest BCUT2D eigenvalue weighted by molar-refractivity contribution is 0.457. The van der Waals surface area contributed by atoms with E-state index in [0.717, 1.165) is 10.9 Å². The minimum Gasteiger partial charge on any atom is -0.502 e. The highest BCUT2D eigenvalue weighted by molar-refractivity contribution is 7.15. The summed E-state index contributed by atoms with van der Waals surface area (Å²) in [6, 6.07) is 12.6. The van der Waals surface area contributed by atoms with Crippen molar-refractivity contribution in [3.05, 3.63) is 65.5 Å². The third-order valence-corrected chi connectivity index (χ3v) is 4.64. The molecule has 1 aromatic heterocycles. The van der Waals surface area contributed by atoms with Crippen LogP contribution in [-0.4, -0.2) is 23.7 Å². The molecule has 0 aliphatic heterocycles. The molecule has 3 rings (SSSR count). The average molecular weight is 417 g/mol. The van der Waals surface area contributed by atoms with Gasteiger partial charge in [-0.1, -0.05) is 23.3 Å². The molecule has 0 spiro atoms. The van der Waals surface area contributed by atoms with Crippen LogP contribution in [0.2, 0.25) is 13.1 Å². The number of halogens is 2. The summed E-state index contributed by atoms with van der Waals surface area (Å²) in [5.41, 5.74) is 2.15. The number of nitrogens with zero attached hydrogens (tertiary/aromatic N) is 2. The first kappa shape index (κ1) is 19.8. The summed E-state index contributed by atoms with van der Waals surface area (Å²) in [6.45, 7) is 3.42. The van der Waals surface area contributed by atoms with Gasteiger partial charge in [-0.25, -0.2) is 9.80 Å². The van der Waals surface area contributed by atoms with Gasteiger partial charge < -0.3 is 14.5 Å². The Bertz CT molecular complexity index is 1070. The SMILES string of the molecule is C[Si](C)(Cl)OC(=N)N=N/C(=C/c1c(O)[nH]c2ccccc12)c1ccc(F)cc1. The Balaban J connectivity index is 2.05. The zero-order chi connectivity index (χ0) is 20.3. The van der Waals surface area contributed by atoms with Gasteiger partial charge in [0.25, 0.3) is 0 Å². The van der Waals surface area contributed by atoms with Crippen molar-refractivity contribution in [2.24, 2.45) is 10.2 Å². The second-order valence-corrected chi connectivity index (χ2v) is 12.1. The number of aromatic amines is 1. The van der Waals surface area contributed by atoms with Gasteiger partial charge in [-0.2, -0.15) is 0 Å². The zero-order valence-corrected chi connectivity index (χ0v) is 17.0. The fourth-order valence-electron chi connectivity index (χ4n) is 2.57. The molecule has 0 radical (unpaired) electrons. The highest BCUT2D eigenvalue weighted by Gasteiger charge is 2.22. The summed E-state index contributed by atoms with van der Waals surface area (Å²) in [4.78, 5) is 2.89. The van der Waals surface area contributed by atoms with Crippen LogP contribution in [-0.2, 0) is 4.43 Å². The van der Waals surface area contributed by atoms with Gasteiger partial charge in [0.05, 0.1) is 5.70 Å². The lowest BCUT2D eigenvalue weighted by Crippen LogP contribution is -2.25. The number of azo groups is 1. The van der Waals surface area contributed by atoms with E-state index in [1.165, 1.54) is 24.3 Å². The second kappa shape index (κ2) is 7.95. The van der Waals surface area contributed by atoms with Gasteiger partial charge in [0.2, 0.25) is 0 Å². The maximum Gasteiger partial charge on any atom is 0.345 e. The average Bonchev–Trinajstić information content (AvgIpc) is 2.93. The van der Waals surface area contributed by atoms with E-state index in [9.17, 15) is 9.50 Å². The Hall–Kier alpha value is -2.97. The largest absolute Gasteiger partial charge is 0.502 e. The highest BCUT2D eigenvalue weighted by Crippen LogP contribution is 2.31. The second-order valence-electron chi connectivity index (χ2n) is 6.44. The molecule has 0 saturated carbocycles. The maximum atomic E-state index is 13.3. The predicted molar refractivity (Wildman–Crippen MR) is 111 cm³/mol.